The van der Waals surface area contributed by atoms with Gasteiger partial charge in [-0.2, -0.15) is 0 Å². The van der Waals surface area contributed by atoms with E-state index in [-0.39, 0.29) is 12.1 Å². The number of rotatable bonds is 1. The fourth-order valence-electron chi connectivity index (χ4n) is 0.740. The molecule has 9 heavy (non-hydrogen) atoms. The predicted molar refractivity (Wildman–Crippen MR) is 39.1 cm³/mol. The summed E-state index contributed by atoms with van der Waals surface area (Å²) < 4.78 is 4.18. The van der Waals surface area contributed by atoms with Crippen LogP contribution in [0, 0.1) is 0 Å². The molecule has 1 aliphatic heterocycles. The molecule has 0 aliphatic carbocycles. The Morgan fingerprint density at radius 2 is 2.56 bits per heavy atom. The summed E-state index contributed by atoms with van der Waals surface area (Å²) in [6.07, 6.45) is 0.839. The van der Waals surface area contributed by atoms with Crippen molar-refractivity contribution >= 4 is 28.6 Å². The number of aliphatic hydroxyl groups excluding tert-OH is 1. The number of cyclic esters (lactones) is 1. The molecule has 52 valence electrons. The van der Waals surface area contributed by atoms with Gasteiger partial charge in [-0.1, -0.05) is 0 Å². The van der Waals surface area contributed by atoms with Gasteiger partial charge in [-0.3, -0.25) is 4.79 Å². The minimum atomic E-state index is -0.547. The van der Waals surface area contributed by atoms with Crippen LogP contribution in [0.15, 0.2) is 0 Å². The monoisotopic (exact) mass is 242 g/mol. The van der Waals surface area contributed by atoms with Gasteiger partial charge in [0.1, 0.15) is 10.2 Å². The first-order valence-electron chi connectivity index (χ1n) is 2.72. The van der Waals surface area contributed by atoms with Gasteiger partial charge >= 0.3 is 5.97 Å². The molecule has 1 rings (SSSR count). The van der Waals surface area contributed by atoms with Crippen molar-refractivity contribution in [3.63, 3.8) is 0 Å². The first-order valence-corrected chi connectivity index (χ1v) is 3.96. The highest BCUT2D eigenvalue weighted by molar-refractivity contribution is 14.1. The van der Waals surface area contributed by atoms with Crippen LogP contribution in [0.4, 0.5) is 0 Å². The Bertz CT molecular complexity index is 123. The van der Waals surface area contributed by atoms with Crippen LogP contribution >= 0.6 is 22.6 Å². The summed E-state index contributed by atoms with van der Waals surface area (Å²) in [7, 11) is 0. The highest BCUT2D eigenvalue weighted by atomic mass is 127. The van der Waals surface area contributed by atoms with Crippen LogP contribution in [0.25, 0.3) is 0 Å². The Morgan fingerprint density at radius 3 is 2.78 bits per heavy atom. The van der Waals surface area contributed by atoms with Crippen molar-refractivity contribution in [1.29, 1.82) is 0 Å². The maximum atomic E-state index is 10.4. The Morgan fingerprint density at radius 1 is 1.89 bits per heavy atom. The summed E-state index contributed by atoms with van der Waals surface area (Å²) in [6.45, 7) is 0. The summed E-state index contributed by atoms with van der Waals surface area (Å²) in [5, 5.41) is 8.88. The van der Waals surface area contributed by atoms with Crippen LogP contribution in [0.5, 0.6) is 0 Å². The third-order valence-electron chi connectivity index (χ3n) is 1.22. The molecule has 1 fully saturated rings. The smallest absolute Gasteiger partial charge is 0.306 e. The lowest BCUT2D eigenvalue weighted by Gasteiger charge is -2.08. The van der Waals surface area contributed by atoms with Crippen LogP contribution in [-0.4, -0.2) is 21.3 Å². The zero-order valence-electron chi connectivity index (χ0n) is 4.71. The minimum absolute atomic E-state index is 0.198. The molecule has 0 bridgehead atoms. The SMILES string of the molecule is O=C1CC[C@@H]([C@@H](O)I)O1. The van der Waals surface area contributed by atoms with E-state index in [0.717, 1.165) is 0 Å². The molecule has 2 atom stereocenters. The number of halogens is 1. The van der Waals surface area contributed by atoms with Crippen molar-refractivity contribution in [2.45, 2.75) is 23.1 Å². The first kappa shape index (κ1) is 7.27. The van der Waals surface area contributed by atoms with Crippen molar-refractivity contribution < 1.29 is 14.6 Å². The molecule has 0 unspecified atom stereocenters. The number of hydrogen-bond acceptors (Lipinski definition) is 3. The fraction of sp³-hybridized carbons (Fsp3) is 0.800. The van der Waals surface area contributed by atoms with Crippen molar-refractivity contribution in [3.05, 3.63) is 0 Å². The highest BCUT2D eigenvalue weighted by Gasteiger charge is 2.27. The van der Waals surface area contributed by atoms with E-state index in [1.54, 1.807) is 0 Å². The zero-order chi connectivity index (χ0) is 6.85. The van der Waals surface area contributed by atoms with Gasteiger partial charge in [0.05, 0.1) is 0 Å². The maximum absolute atomic E-state index is 10.4. The van der Waals surface area contributed by atoms with Crippen molar-refractivity contribution in [1.82, 2.24) is 0 Å². The number of esters is 1. The topological polar surface area (TPSA) is 46.5 Å². The summed E-state index contributed by atoms with van der Waals surface area (Å²) in [6, 6.07) is 0. The molecular formula is C5H7IO3. The Labute approximate surface area is 66.5 Å². The molecule has 1 heterocycles. The van der Waals surface area contributed by atoms with Gasteiger partial charge in [-0.25, -0.2) is 0 Å². The van der Waals surface area contributed by atoms with Gasteiger partial charge in [0, 0.05) is 6.42 Å². The predicted octanol–water partition coefficient (Wildman–Crippen LogP) is 0.445. The molecule has 4 heteroatoms. The largest absolute Gasteiger partial charge is 0.459 e. The van der Waals surface area contributed by atoms with E-state index in [9.17, 15) is 4.79 Å². The molecule has 0 aromatic carbocycles. The molecule has 0 spiro atoms. The Kier molecular flexibility index (Phi) is 2.29. The average Bonchev–Trinajstić information content (AvgIpc) is 2.14. The minimum Gasteiger partial charge on any atom is -0.459 e. The van der Waals surface area contributed by atoms with Crippen LogP contribution < -0.4 is 0 Å². The zero-order valence-corrected chi connectivity index (χ0v) is 6.87. The third-order valence-corrected chi connectivity index (χ3v) is 2.02. The number of carbonyl (C=O) groups is 1. The molecule has 0 aromatic rings. The normalized spacial score (nSPS) is 30.0. The van der Waals surface area contributed by atoms with Gasteiger partial charge in [0.2, 0.25) is 0 Å². The van der Waals surface area contributed by atoms with E-state index in [1.807, 2.05) is 22.6 Å². The second kappa shape index (κ2) is 2.83. The van der Waals surface area contributed by atoms with Gasteiger partial charge < -0.3 is 9.84 Å². The number of hydrogen-bond donors (Lipinski definition) is 1. The summed E-state index contributed by atoms with van der Waals surface area (Å²) in [5.41, 5.74) is 0. The van der Waals surface area contributed by atoms with Crippen LogP contribution in [-0.2, 0) is 9.53 Å². The number of aliphatic hydroxyl groups is 1. The van der Waals surface area contributed by atoms with Gasteiger partial charge in [-0.05, 0) is 29.0 Å². The lowest BCUT2D eigenvalue weighted by molar-refractivity contribution is -0.143. The first-order chi connectivity index (χ1) is 4.20. The Balaban J connectivity index is 2.39. The molecule has 1 saturated heterocycles. The fourth-order valence-corrected chi connectivity index (χ4v) is 1.25. The van der Waals surface area contributed by atoms with E-state index in [2.05, 4.69) is 0 Å². The average molecular weight is 242 g/mol. The van der Waals surface area contributed by atoms with Gasteiger partial charge in [0.25, 0.3) is 0 Å². The standard InChI is InChI=1S/C5H7IO3/c6-5(8)3-1-2-4(7)9-3/h3,5,8H,1-2H2/t3-,5+/m0/s1. The summed E-state index contributed by atoms with van der Waals surface area (Å²) >= 11 is 1.83. The molecular weight excluding hydrogens is 235 g/mol. The summed E-state index contributed by atoms with van der Waals surface area (Å²) in [5.74, 6) is -0.198. The molecule has 0 amide bonds. The van der Waals surface area contributed by atoms with E-state index in [1.165, 1.54) is 0 Å². The number of alkyl halides is 1. The Hall–Kier alpha value is 0.160. The van der Waals surface area contributed by atoms with E-state index < -0.39 is 4.11 Å². The molecule has 1 N–H and O–H groups in total. The van der Waals surface area contributed by atoms with Crippen molar-refractivity contribution in [2.24, 2.45) is 0 Å². The lowest BCUT2D eigenvalue weighted by atomic mass is 10.2. The second-order valence-electron chi connectivity index (χ2n) is 1.94. The van der Waals surface area contributed by atoms with Crippen LogP contribution in [0.1, 0.15) is 12.8 Å². The van der Waals surface area contributed by atoms with Gasteiger partial charge in [-0.15, -0.1) is 0 Å². The molecule has 1 aliphatic rings. The van der Waals surface area contributed by atoms with Crippen LogP contribution in [0.3, 0.4) is 0 Å². The maximum Gasteiger partial charge on any atom is 0.306 e. The van der Waals surface area contributed by atoms with Crippen molar-refractivity contribution in [2.75, 3.05) is 0 Å². The molecule has 0 aromatic heterocycles. The number of carbonyl (C=O) groups excluding carboxylic acids is 1. The van der Waals surface area contributed by atoms with Gasteiger partial charge in [0.15, 0.2) is 0 Å². The lowest BCUT2D eigenvalue weighted by Crippen LogP contribution is -2.18. The van der Waals surface area contributed by atoms with E-state index >= 15 is 0 Å². The van der Waals surface area contributed by atoms with E-state index in [4.69, 9.17) is 9.84 Å². The van der Waals surface area contributed by atoms with E-state index in [0.29, 0.717) is 12.8 Å². The summed E-state index contributed by atoms with van der Waals surface area (Å²) in [4.78, 5) is 10.4. The number of ether oxygens (including phenoxy) is 1. The molecule has 0 radical (unpaired) electrons. The quantitative estimate of drug-likeness (QED) is 0.412. The third kappa shape index (κ3) is 1.79. The highest BCUT2D eigenvalue weighted by Crippen LogP contribution is 2.19. The van der Waals surface area contributed by atoms with Crippen LogP contribution in [0.2, 0.25) is 0 Å². The molecule has 0 saturated carbocycles. The van der Waals surface area contributed by atoms with Crippen molar-refractivity contribution in [3.8, 4) is 0 Å². The second-order valence-corrected chi connectivity index (χ2v) is 3.22. The molecule has 3 nitrogen and oxygen atoms in total.